The van der Waals surface area contributed by atoms with Crippen LogP contribution in [0.5, 0.6) is 0 Å². The number of nitrogens with zero attached hydrogens (tertiary/aromatic N) is 5. The monoisotopic (exact) mass is 484 g/mol. The Labute approximate surface area is 206 Å². The molecule has 0 fully saturated rings. The van der Waals surface area contributed by atoms with E-state index in [4.69, 9.17) is 14.2 Å². The minimum atomic E-state index is -0.381. The molecule has 2 aromatic heterocycles. The van der Waals surface area contributed by atoms with Gasteiger partial charge in [-0.15, -0.1) is 0 Å². The first-order valence-corrected chi connectivity index (χ1v) is 12.2. The van der Waals surface area contributed by atoms with Gasteiger partial charge in [0.15, 0.2) is 0 Å². The Bertz CT molecular complexity index is 1100. The molecule has 0 radical (unpaired) electrons. The van der Waals surface area contributed by atoms with Crippen LogP contribution in [0.3, 0.4) is 0 Å². The lowest BCUT2D eigenvalue weighted by Crippen LogP contribution is -2.35. The number of amides is 1. The van der Waals surface area contributed by atoms with Crippen LogP contribution < -0.4 is 5.32 Å². The molecule has 1 amide bonds. The van der Waals surface area contributed by atoms with Gasteiger partial charge in [-0.3, -0.25) is 4.79 Å². The Hall–Kier alpha value is -2.95. The molecule has 1 aliphatic carbocycles. The fourth-order valence-electron chi connectivity index (χ4n) is 4.42. The van der Waals surface area contributed by atoms with Crippen LogP contribution in [0, 0.1) is 0 Å². The fraction of sp³-hybridized carbons (Fsp3) is 0.560. The molecule has 35 heavy (non-hydrogen) atoms. The number of aryl methyl sites for hydroxylation is 1. The standard InChI is InChI=1S/C25H36N6O4/c1-5-33-11-12-34-20-8-7-19-13-21(20)35-16-22(32)30(3)10-6-9-29(2)14-18-15-31(4)25-23(18)24(28-19)26-17-27-25/h7-8,15,17,21H,5-6,9-14,16H2,1-4H3,(H,26,27,28). The van der Waals surface area contributed by atoms with Crippen LogP contribution in [0.2, 0.25) is 0 Å². The van der Waals surface area contributed by atoms with Crippen molar-refractivity contribution in [2.24, 2.45) is 7.05 Å². The van der Waals surface area contributed by atoms with E-state index in [-0.39, 0.29) is 18.6 Å². The molecule has 10 heteroatoms. The number of carbonyl (C=O) groups is 1. The largest absolute Gasteiger partial charge is 0.493 e. The van der Waals surface area contributed by atoms with Crippen molar-refractivity contribution in [3.05, 3.63) is 41.7 Å². The van der Waals surface area contributed by atoms with E-state index >= 15 is 0 Å². The molecule has 2 bridgehead atoms. The van der Waals surface area contributed by atoms with E-state index in [1.54, 1.807) is 11.2 Å². The molecule has 3 heterocycles. The van der Waals surface area contributed by atoms with Crippen molar-refractivity contribution >= 4 is 22.8 Å². The first-order chi connectivity index (χ1) is 17.0. The van der Waals surface area contributed by atoms with Gasteiger partial charge in [-0.05, 0) is 44.7 Å². The zero-order chi connectivity index (χ0) is 24.8. The predicted molar refractivity (Wildman–Crippen MR) is 134 cm³/mol. The molecule has 0 saturated carbocycles. The van der Waals surface area contributed by atoms with Gasteiger partial charge in [0.05, 0.1) is 12.0 Å². The maximum atomic E-state index is 12.7. The van der Waals surface area contributed by atoms with Crippen molar-refractivity contribution in [1.82, 2.24) is 24.3 Å². The van der Waals surface area contributed by atoms with Crippen LogP contribution >= 0.6 is 0 Å². The summed E-state index contributed by atoms with van der Waals surface area (Å²) in [5.41, 5.74) is 2.98. The number of hydrogen-bond donors (Lipinski definition) is 1. The number of carbonyl (C=O) groups excluding carboxylic acids is 1. The highest BCUT2D eigenvalue weighted by Crippen LogP contribution is 2.30. The van der Waals surface area contributed by atoms with Crippen molar-refractivity contribution in [3.8, 4) is 0 Å². The average Bonchev–Trinajstić information content (AvgIpc) is 3.16. The third-order valence-corrected chi connectivity index (χ3v) is 6.29. The van der Waals surface area contributed by atoms with Crippen molar-refractivity contribution in [2.45, 2.75) is 32.4 Å². The van der Waals surface area contributed by atoms with Crippen LogP contribution in [0.25, 0.3) is 11.0 Å². The number of likely N-dealkylation sites (N-methyl/N-ethyl adjacent to an activating group) is 1. The van der Waals surface area contributed by atoms with Crippen LogP contribution in [-0.2, 0) is 32.6 Å². The van der Waals surface area contributed by atoms with Gasteiger partial charge in [-0.1, -0.05) is 0 Å². The predicted octanol–water partition coefficient (Wildman–Crippen LogP) is 2.28. The Morgan fingerprint density at radius 2 is 2.03 bits per heavy atom. The maximum absolute atomic E-state index is 12.7. The average molecular weight is 485 g/mol. The van der Waals surface area contributed by atoms with Crippen molar-refractivity contribution in [1.29, 1.82) is 0 Å². The number of allylic oxidation sites excluding steroid dienone is 2. The van der Waals surface area contributed by atoms with E-state index in [1.807, 2.05) is 37.7 Å². The minimum absolute atomic E-state index is 0.00294. The molecule has 1 unspecified atom stereocenters. The van der Waals surface area contributed by atoms with Gasteiger partial charge in [0.2, 0.25) is 5.91 Å². The molecule has 0 aromatic carbocycles. The lowest BCUT2D eigenvalue weighted by molar-refractivity contribution is -0.137. The van der Waals surface area contributed by atoms with E-state index in [9.17, 15) is 4.79 Å². The summed E-state index contributed by atoms with van der Waals surface area (Å²) in [5, 5.41) is 4.51. The Morgan fingerprint density at radius 3 is 2.86 bits per heavy atom. The summed E-state index contributed by atoms with van der Waals surface area (Å²) in [6.07, 6.45) is 8.60. The van der Waals surface area contributed by atoms with Gasteiger partial charge in [-0.25, -0.2) is 9.97 Å². The van der Waals surface area contributed by atoms with Crippen molar-refractivity contribution in [3.63, 3.8) is 0 Å². The number of hydrogen-bond acceptors (Lipinski definition) is 8. The second-order valence-electron chi connectivity index (χ2n) is 9.03. The first-order valence-electron chi connectivity index (χ1n) is 12.2. The number of rotatable bonds is 5. The summed E-state index contributed by atoms with van der Waals surface area (Å²) >= 11 is 0. The van der Waals surface area contributed by atoms with Gasteiger partial charge < -0.3 is 33.9 Å². The molecular formula is C25H36N6O4. The summed E-state index contributed by atoms with van der Waals surface area (Å²) in [6.45, 7) is 5.81. The van der Waals surface area contributed by atoms with Gasteiger partial charge >= 0.3 is 0 Å². The fourth-order valence-corrected chi connectivity index (χ4v) is 4.42. The summed E-state index contributed by atoms with van der Waals surface area (Å²) in [6, 6.07) is 0. The van der Waals surface area contributed by atoms with Crippen LogP contribution in [0.15, 0.2) is 36.1 Å². The molecule has 10 nitrogen and oxygen atoms in total. The number of anilines is 1. The van der Waals surface area contributed by atoms with E-state index in [0.717, 1.165) is 47.6 Å². The highest BCUT2D eigenvalue weighted by Gasteiger charge is 2.25. The van der Waals surface area contributed by atoms with E-state index < -0.39 is 0 Å². The van der Waals surface area contributed by atoms with Gasteiger partial charge in [-0.2, -0.15) is 0 Å². The van der Waals surface area contributed by atoms with E-state index in [1.165, 1.54) is 0 Å². The van der Waals surface area contributed by atoms with Crippen LogP contribution in [0.4, 0.5) is 5.82 Å². The Morgan fingerprint density at radius 1 is 1.17 bits per heavy atom. The van der Waals surface area contributed by atoms with Crippen molar-refractivity contribution < 1.29 is 19.0 Å². The molecule has 1 aliphatic heterocycles. The number of ether oxygens (including phenoxy) is 3. The van der Waals surface area contributed by atoms with E-state index in [2.05, 4.69) is 33.4 Å². The molecule has 190 valence electrons. The molecule has 2 aromatic rings. The van der Waals surface area contributed by atoms with Crippen LogP contribution in [-0.4, -0.2) is 90.0 Å². The summed E-state index contributed by atoms with van der Waals surface area (Å²) < 4.78 is 19.5. The lowest BCUT2D eigenvalue weighted by atomic mass is 10.1. The maximum Gasteiger partial charge on any atom is 0.248 e. The second kappa shape index (κ2) is 11.7. The lowest BCUT2D eigenvalue weighted by Gasteiger charge is -2.27. The van der Waals surface area contributed by atoms with Gasteiger partial charge in [0.1, 0.15) is 42.9 Å². The minimum Gasteiger partial charge on any atom is -0.493 e. The van der Waals surface area contributed by atoms with Gasteiger partial charge in [0.25, 0.3) is 0 Å². The zero-order valence-corrected chi connectivity index (χ0v) is 21.1. The topological polar surface area (TPSA) is 94.0 Å². The second-order valence-corrected chi connectivity index (χ2v) is 9.03. The summed E-state index contributed by atoms with van der Waals surface area (Å²) in [7, 11) is 5.92. The molecule has 2 aliphatic rings. The normalized spacial score (nSPS) is 20.4. The highest BCUT2D eigenvalue weighted by molar-refractivity contribution is 5.91. The summed E-state index contributed by atoms with van der Waals surface area (Å²) in [4.78, 5) is 25.8. The number of aromatic nitrogens is 3. The molecule has 1 atom stereocenters. The highest BCUT2D eigenvalue weighted by atomic mass is 16.6. The van der Waals surface area contributed by atoms with Crippen LogP contribution in [0.1, 0.15) is 25.3 Å². The zero-order valence-electron chi connectivity index (χ0n) is 21.1. The number of nitrogens with one attached hydrogen (secondary N) is 1. The summed E-state index contributed by atoms with van der Waals surface area (Å²) in [5.74, 6) is 1.42. The Kier molecular flexibility index (Phi) is 8.37. The number of fused-ring (bicyclic) bond motifs is 2. The quantitative estimate of drug-likeness (QED) is 0.646. The van der Waals surface area contributed by atoms with E-state index in [0.29, 0.717) is 38.5 Å². The van der Waals surface area contributed by atoms with Gasteiger partial charge in [0, 0.05) is 52.1 Å². The molecule has 4 rings (SSSR count). The third kappa shape index (κ3) is 6.19. The molecular weight excluding hydrogens is 448 g/mol. The Balaban J connectivity index is 1.65. The molecule has 0 saturated heterocycles. The first kappa shape index (κ1) is 25.2. The molecule has 1 N–H and O–H groups in total. The smallest absolute Gasteiger partial charge is 0.248 e. The van der Waals surface area contributed by atoms with Crippen molar-refractivity contribution in [2.75, 3.05) is 58.9 Å². The molecule has 0 spiro atoms. The third-order valence-electron chi connectivity index (χ3n) is 6.29. The SMILES string of the molecule is CCOCCOC1=CC=C2CC1OCC(=O)N(C)CCCN(C)Cc1cn(C)c3ncnc(c13)N2.